The summed E-state index contributed by atoms with van der Waals surface area (Å²) >= 11 is 3.11. The Hall–Kier alpha value is -1.16. The van der Waals surface area contributed by atoms with E-state index in [1.165, 1.54) is 18.2 Å². The Morgan fingerprint density at radius 3 is 2.77 bits per heavy atom. The van der Waals surface area contributed by atoms with Crippen molar-refractivity contribution < 1.29 is 4.39 Å². The standard InChI is InChI=1S/C9H5BrFNO/c10-9-5-1-4-8(13)12-7(5)3-2-6(9)11/h1-4H,(H,12,13). The average Bonchev–Trinajstić information content (AvgIpc) is 2.12. The summed E-state index contributed by atoms with van der Waals surface area (Å²) in [6, 6.07) is 5.80. The second kappa shape index (κ2) is 2.96. The monoisotopic (exact) mass is 241 g/mol. The summed E-state index contributed by atoms with van der Waals surface area (Å²) < 4.78 is 13.4. The molecule has 0 aliphatic heterocycles. The van der Waals surface area contributed by atoms with Crippen molar-refractivity contribution in [2.75, 3.05) is 0 Å². The van der Waals surface area contributed by atoms with Gasteiger partial charge in [-0.05, 0) is 34.1 Å². The molecule has 0 spiro atoms. The summed E-state index contributed by atoms with van der Waals surface area (Å²) in [6.45, 7) is 0. The summed E-state index contributed by atoms with van der Waals surface area (Å²) in [7, 11) is 0. The molecular formula is C9H5BrFNO. The Bertz CT molecular complexity index is 520. The molecule has 2 nitrogen and oxygen atoms in total. The molecule has 0 atom stereocenters. The third-order valence-corrected chi connectivity index (χ3v) is 2.60. The largest absolute Gasteiger partial charge is 0.322 e. The molecule has 0 fully saturated rings. The number of aromatic amines is 1. The van der Waals surface area contributed by atoms with E-state index in [1.54, 1.807) is 6.07 Å². The van der Waals surface area contributed by atoms with E-state index in [-0.39, 0.29) is 11.4 Å². The molecule has 1 aromatic carbocycles. The number of hydrogen-bond acceptors (Lipinski definition) is 1. The van der Waals surface area contributed by atoms with Crippen LogP contribution in [0.5, 0.6) is 0 Å². The molecular weight excluding hydrogens is 237 g/mol. The predicted molar refractivity (Wildman–Crippen MR) is 52.2 cm³/mol. The predicted octanol–water partition coefficient (Wildman–Crippen LogP) is 2.43. The van der Waals surface area contributed by atoms with Gasteiger partial charge in [0.2, 0.25) is 5.56 Å². The molecule has 0 aliphatic carbocycles. The van der Waals surface area contributed by atoms with Crippen LogP contribution in [0, 0.1) is 5.82 Å². The molecule has 0 amide bonds. The van der Waals surface area contributed by atoms with Crippen molar-refractivity contribution in [1.82, 2.24) is 4.98 Å². The van der Waals surface area contributed by atoms with Crippen LogP contribution in [0.3, 0.4) is 0 Å². The van der Waals surface area contributed by atoms with E-state index in [0.29, 0.717) is 15.4 Å². The van der Waals surface area contributed by atoms with Crippen LogP contribution >= 0.6 is 15.9 Å². The van der Waals surface area contributed by atoms with Crippen molar-refractivity contribution in [3.05, 3.63) is 44.9 Å². The minimum absolute atomic E-state index is 0.189. The van der Waals surface area contributed by atoms with Crippen molar-refractivity contribution in [1.29, 1.82) is 0 Å². The molecule has 66 valence electrons. The summed E-state index contributed by atoms with van der Waals surface area (Å²) in [5.41, 5.74) is 0.437. The van der Waals surface area contributed by atoms with Crippen LogP contribution in [0.1, 0.15) is 0 Å². The number of hydrogen-bond donors (Lipinski definition) is 1. The van der Waals surface area contributed by atoms with Gasteiger partial charge in [0, 0.05) is 17.0 Å². The van der Waals surface area contributed by atoms with Gasteiger partial charge >= 0.3 is 0 Å². The number of nitrogens with one attached hydrogen (secondary N) is 1. The molecule has 2 rings (SSSR count). The zero-order valence-corrected chi connectivity index (χ0v) is 8.06. The molecule has 0 unspecified atom stereocenters. The zero-order valence-electron chi connectivity index (χ0n) is 6.47. The van der Waals surface area contributed by atoms with Crippen molar-refractivity contribution in [2.24, 2.45) is 0 Å². The maximum atomic E-state index is 13.0. The fourth-order valence-electron chi connectivity index (χ4n) is 1.17. The normalized spacial score (nSPS) is 10.6. The SMILES string of the molecule is O=c1ccc2c(Br)c(F)ccc2[nH]1. The highest BCUT2D eigenvalue weighted by Gasteiger charge is 2.03. The second-order valence-electron chi connectivity index (χ2n) is 2.65. The van der Waals surface area contributed by atoms with E-state index < -0.39 is 0 Å². The minimum atomic E-state index is -0.334. The van der Waals surface area contributed by atoms with Gasteiger partial charge in [0.05, 0.1) is 4.47 Å². The highest BCUT2D eigenvalue weighted by molar-refractivity contribution is 9.10. The van der Waals surface area contributed by atoms with Crippen molar-refractivity contribution in [2.45, 2.75) is 0 Å². The average molecular weight is 242 g/mol. The van der Waals surface area contributed by atoms with Gasteiger partial charge in [-0.2, -0.15) is 0 Å². The molecule has 13 heavy (non-hydrogen) atoms. The van der Waals surface area contributed by atoms with Crippen molar-refractivity contribution in [3.63, 3.8) is 0 Å². The second-order valence-corrected chi connectivity index (χ2v) is 3.44. The zero-order chi connectivity index (χ0) is 9.42. The van der Waals surface area contributed by atoms with Gasteiger partial charge in [0.25, 0.3) is 0 Å². The number of H-pyrrole nitrogens is 1. The topological polar surface area (TPSA) is 32.9 Å². The molecule has 2 aromatic rings. The van der Waals surface area contributed by atoms with Gasteiger partial charge in [-0.1, -0.05) is 0 Å². The first-order chi connectivity index (χ1) is 6.18. The van der Waals surface area contributed by atoms with E-state index in [0.717, 1.165) is 0 Å². The van der Waals surface area contributed by atoms with E-state index >= 15 is 0 Å². The van der Waals surface area contributed by atoms with Gasteiger partial charge < -0.3 is 4.98 Å². The summed E-state index contributed by atoms with van der Waals surface area (Å²) in [6.07, 6.45) is 0. The molecule has 1 N–H and O–H groups in total. The fraction of sp³-hybridized carbons (Fsp3) is 0. The lowest BCUT2D eigenvalue weighted by molar-refractivity contribution is 0.623. The Balaban J connectivity index is 2.95. The van der Waals surface area contributed by atoms with E-state index in [9.17, 15) is 9.18 Å². The van der Waals surface area contributed by atoms with Crippen LogP contribution in [0.4, 0.5) is 4.39 Å². The maximum absolute atomic E-state index is 13.0. The lowest BCUT2D eigenvalue weighted by Gasteiger charge is -2.00. The minimum Gasteiger partial charge on any atom is -0.322 e. The molecule has 0 aliphatic rings. The molecule has 0 saturated heterocycles. The fourth-order valence-corrected chi connectivity index (χ4v) is 1.65. The van der Waals surface area contributed by atoms with Crippen LogP contribution in [-0.4, -0.2) is 4.98 Å². The lowest BCUT2D eigenvalue weighted by Crippen LogP contribution is -2.02. The number of pyridine rings is 1. The van der Waals surface area contributed by atoms with Crippen LogP contribution in [0.25, 0.3) is 10.9 Å². The highest BCUT2D eigenvalue weighted by atomic mass is 79.9. The first kappa shape index (κ1) is 8.44. The first-order valence-corrected chi connectivity index (χ1v) is 4.45. The number of benzene rings is 1. The van der Waals surface area contributed by atoms with Crippen molar-refractivity contribution in [3.8, 4) is 0 Å². The Labute approximate surface area is 81.5 Å². The van der Waals surface area contributed by atoms with E-state index in [2.05, 4.69) is 20.9 Å². The Kier molecular flexibility index (Phi) is 1.92. The van der Waals surface area contributed by atoms with Crippen molar-refractivity contribution >= 4 is 26.8 Å². The quantitative estimate of drug-likeness (QED) is 0.756. The van der Waals surface area contributed by atoms with Gasteiger partial charge in [-0.15, -0.1) is 0 Å². The van der Waals surface area contributed by atoms with Gasteiger partial charge in [-0.3, -0.25) is 4.79 Å². The Morgan fingerprint density at radius 2 is 2.00 bits per heavy atom. The Morgan fingerprint density at radius 1 is 1.23 bits per heavy atom. The molecule has 4 heteroatoms. The number of fused-ring (bicyclic) bond motifs is 1. The number of rotatable bonds is 0. The smallest absolute Gasteiger partial charge is 0.248 e. The number of aromatic nitrogens is 1. The molecule has 1 aromatic heterocycles. The maximum Gasteiger partial charge on any atom is 0.248 e. The molecule has 0 radical (unpaired) electrons. The van der Waals surface area contributed by atoms with Crippen LogP contribution in [-0.2, 0) is 0 Å². The summed E-state index contributed by atoms with van der Waals surface area (Å²) in [4.78, 5) is 13.5. The summed E-state index contributed by atoms with van der Waals surface area (Å²) in [5.74, 6) is -0.334. The van der Waals surface area contributed by atoms with E-state index in [4.69, 9.17) is 0 Å². The third-order valence-electron chi connectivity index (χ3n) is 1.79. The number of halogens is 2. The van der Waals surface area contributed by atoms with Crippen LogP contribution in [0.15, 0.2) is 33.5 Å². The van der Waals surface area contributed by atoms with Gasteiger partial charge in [-0.25, -0.2) is 4.39 Å². The van der Waals surface area contributed by atoms with E-state index in [1.807, 2.05) is 0 Å². The third kappa shape index (κ3) is 1.37. The first-order valence-electron chi connectivity index (χ1n) is 3.65. The molecule has 0 saturated carbocycles. The molecule has 1 heterocycles. The van der Waals surface area contributed by atoms with Crippen LogP contribution < -0.4 is 5.56 Å². The van der Waals surface area contributed by atoms with Crippen LogP contribution in [0.2, 0.25) is 0 Å². The summed E-state index contributed by atoms with van der Waals surface area (Å²) in [5, 5.41) is 0.666. The molecule has 0 bridgehead atoms. The van der Waals surface area contributed by atoms with Gasteiger partial charge in [0.15, 0.2) is 0 Å². The highest BCUT2D eigenvalue weighted by Crippen LogP contribution is 2.24. The lowest BCUT2D eigenvalue weighted by atomic mass is 10.2. The van der Waals surface area contributed by atoms with Gasteiger partial charge in [0.1, 0.15) is 5.82 Å².